The first-order chi connectivity index (χ1) is 10.2. The lowest BCUT2D eigenvalue weighted by atomic mass is 9.88. The topological polar surface area (TPSA) is 86.0 Å². The molecule has 0 aliphatic heterocycles. The van der Waals surface area contributed by atoms with Crippen LogP contribution < -0.4 is 11.1 Å². The lowest BCUT2D eigenvalue weighted by Crippen LogP contribution is -2.41. The summed E-state index contributed by atoms with van der Waals surface area (Å²) in [7, 11) is 0. The summed E-state index contributed by atoms with van der Waals surface area (Å²) < 4.78 is 5.57. The third-order valence-electron chi connectivity index (χ3n) is 4.47. The third-order valence-corrected chi connectivity index (χ3v) is 4.47. The maximum atomic E-state index is 5.85. The second-order valence-corrected chi connectivity index (χ2v) is 6.10. The fourth-order valence-electron chi connectivity index (χ4n) is 3.26. The molecule has 0 spiro atoms. The number of nitrogen functional groups attached to an aromatic ring is 1. The Morgan fingerprint density at radius 2 is 1.90 bits per heavy atom. The van der Waals surface area contributed by atoms with Crippen LogP contribution in [0.1, 0.15) is 63.6 Å². The first kappa shape index (κ1) is 14.5. The van der Waals surface area contributed by atoms with Gasteiger partial charge in [-0.05, 0) is 32.6 Å². The summed E-state index contributed by atoms with van der Waals surface area (Å²) in [6.07, 6.45) is 8.58. The molecular weight excluding hydrogens is 266 g/mol. The molecule has 6 nitrogen and oxygen atoms in total. The largest absolute Gasteiger partial charge is 0.378 e. The van der Waals surface area contributed by atoms with Gasteiger partial charge in [-0.3, -0.25) is 0 Å². The van der Waals surface area contributed by atoms with E-state index in [1.807, 2.05) is 6.92 Å². The molecular formula is C15H25N5O. The van der Waals surface area contributed by atoms with Gasteiger partial charge < -0.3 is 15.8 Å². The minimum absolute atomic E-state index is 0.328. The van der Waals surface area contributed by atoms with Crippen molar-refractivity contribution in [1.82, 2.24) is 15.0 Å². The molecule has 2 aliphatic carbocycles. The van der Waals surface area contributed by atoms with Crippen molar-refractivity contribution in [1.29, 1.82) is 0 Å². The van der Waals surface area contributed by atoms with Crippen molar-refractivity contribution in [2.45, 2.75) is 69.9 Å². The lowest BCUT2D eigenvalue weighted by Gasteiger charge is -2.35. The van der Waals surface area contributed by atoms with Crippen molar-refractivity contribution < 1.29 is 4.74 Å². The number of nitrogens with one attached hydrogen (secondary N) is 1. The Balaban J connectivity index is 1.61. The van der Waals surface area contributed by atoms with Gasteiger partial charge in [0.2, 0.25) is 11.9 Å². The Bertz CT molecular complexity index is 469. The van der Waals surface area contributed by atoms with Crippen LogP contribution in [-0.4, -0.2) is 33.7 Å². The number of hydrogen-bond acceptors (Lipinski definition) is 6. The Morgan fingerprint density at radius 3 is 2.62 bits per heavy atom. The van der Waals surface area contributed by atoms with Gasteiger partial charge in [0.05, 0.1) is 6.10 Å². The zero-order valence-corrected chi connectivity index (χ0v) is 12.7. The van der Waals surface area contributed by atoms with Gasteiger partial charge in [0.15, 0.2) is 0 Å². The molecule has 0 bridgehead atoms. The first-order valence-corrected chi connectivity index (χ1v) is 8.14. The summed E-state index contributed by atoms with van der Waals surface area (Å²) in [5.74, 6) is 2.27. The molecule has 21 heavy (non-hydrogen) atoms. The Hall–Kier alpha value is -1.43. The molecule has 0 aromatic carbocycles. The van der Waals surface area contributed by atoms with Gasteiger partial charge >= 0.3 is 0 Å². The van der Waals surface area contributed by atoms with Crippen LogP contribution >= 0.6 is 0 Å². The maximum Gasteiger partial charge on any atom is 0.227 e. The molecule has 1 aromatic heterocycles. The van der Waals surface area contributed by atoms with E-state index < -0.39 is 0 Å². The van der Waals surface area contributed by atoms with E-state index in [1.54, 1.807) is 0 Å². The SMILES string of the molecule is CCOC1CC(Nc2nc(N)nc(C3CCCCC3)n2)C1. The highest BCUT2D eigenvalue weighted by Gasteiger charge is 2.30. The van der Waals surface area contributed by atoms with Crippen molar-refractivity contribution in [3.05, 3.63) is 5.82 Å². The van der Waals surface area contributed by atoms with E-state index >= 15 is 0 Å². The summed E-state index contributed by atoms with van der Waals surface area (Å²) in [5.41, 5.74) is 5.85. The monoisotopic (exact) mass is 291 g/mol. The first-order valence-electron chi connectivity index (χ1n) is 8.14. The van der Waals surface area contributed by atoms with Gasteiger partial charge in [-0.1, -0.05) is 19.3 Å². The predicted molar refractivity (Wildman–Crippen MR) is 82.1 cm³/mol. The standard InChI is InChI=1S/C15H25N5O/c1-2-21-12-8-11(9-12)17-15-19-13(18-14(16)20-15)10-6-4-3-5-7-10/h10-12H,2-9H2,1H3,(H3,16,17,18,19,20). The van der Waals surface area contributed by atoms with Crippen molar-refractivity contribution in [2.24, 2.45) is 0 Å². The summed E-state index contributed by atoms with van der Waals surface area (Å²) in [4.78, 5) is 13.2. The second-order valence-electron chi connectivity index (χ2n) is 6.10. The minimum Gasteiger partial charge on any atom is -0.378 e. The van der Waals surface area contributed by atoms with Gasteiger partial charge in [-0.15, -0.1) is 0 Å². The summed E-state index contributed by atoms with van der Waals surface area (Å²) in [5, 5.41) is 3.36. The normalized spacial score (nSPS) is 26.3. The number of ether oxygens (including phenoxy) is 1. The van der Waals surface area contributed by atoms with Crippen LogP contribution in [0.4, 0.5) is 11.9 Å². The highest BCUT2D eigenvalue weighted by Crippen LogP contribution is 2.31. The average molecular weight is 291 g/mol. The molecule has 1 aromatic rings. The second kappa shape index (κ2) is 6.56. The van der Waals surface area contributed by atoms with E-state index in [9.17, 15) is 0 Å². The zero-order valence-electron chi connectivity index (χ0n) is 12.7. The van der Waals surface area contributed by atoms with Gasteiger partial charge in [-0.25, -0.2) is 0 Å². The van der Waals surface area contributed by atoms with Crippen molar-refractivity contribution in [3.63, 3.8) is 0 Å². The number of aromatic nitrogens is 3. The van der Waals surface area contributed by atoms with Crippen LogP contribution in [0, 0.1) is 0 Å². The smallest absolute Gasteiger partial charge is 0.227 e. The van der Waals surface area contributed by atoms with Crippen LogP contribution in [0.2, 0.25) is 0 Å². The van der Waals surface area contributed by atoms with E-state index in [0.717, 1.165) is 25.3 Å². The molecule has 116 valence electrons. The molecule has 3 N–H and O–H groups in total. The molecule has 3 rings (SSSR count). The van der Waals surface area contributed by atoms with E-state index in [0.29, 0.717) is 30.0 Å². The molecule has 2 aliphatic rings. The van der Waals surface area contributed by atoms with Gasteiger partial charge in [-0.2, -0.15) is 15.0 Å². The molecule has 2 saturated carbocycles. The molecule has 0 radical (unpaired) electrons. The number of rotatable bonds is 5. The number of hydrogen-bond donors (Lipinski definition) is 2. The van der Waals surface area contributed by atoms with E-state index in [-0.39, 0.29) is 0 Å². The van der Waals surface area contributed by atoms with E-state index in [4.69, 9.17) is 10.5 Å². The van der Waals surface area contributed by atoms with Gasteiger partial charge in [0, 0.05) is 18.6 Å². The zero-order chi connectivity index (χ0) is 14.7. The quantitative estimate of drug-likeness (QED) is 0.866. The Kier molecular flexibility index (Phi) is 4.53. The lowest BCUT2D eigenvalue weighted by molar-refractivity contribution is 0.00285. The van der Waals surface area contributed by atoms with Crippen LogP contribution in [0.15, 0.2) is 0 Å². The van der Waals surface area contributed by atoms with E-state index in [1.165, 1.54) is 32.1 Å². The molecule has 2 fully saturated rings. The van der Waals surface area contributed by atoms with Crippen molar-refractivity contribution in [2.75, 3.05) is 17.7 Å². The Labute approximate surface area is 125 Å². The van der Waals surface area contributed by atoms with Crippen LogP contribution in [0.25, 0.3) is 0 Å². The fraction of sp³-hybridized carbons (Fsp3) is 0.800. The number of anilines is 2. The van der Waals surface area contributed by atoms with Crippen LogP contribution in [0.3, 0.4) is 0 Å². The minimum atomic E-state index is 0.328. The third kappa shape index (κ3) is 3.61. The maximum absolute atomic E-state index is 5.85. The molecule has 0 saturated heterocycles. The summed E-state index contributed by atoms with van der Waals surface area (Å²) >= 11 is 0. The number of nitrogens with zero attached hydrogens (tertiary/aromatic N) is 3. The van der Waals surface area contributed by atoms with Gasteiger partial charge in [0.1, 0.15) is 5.82 Å². The molecule has 0 atom stereocenters. The van der Waals surface area contributed by atoms with Crippen LogP contribution in [-0.2, 0) is 4.74 Å². The molecule has 1 heterocycles. The van der Waals surface area contributed by atoms with Crippen molar-refractivity contribution >= 4 is 11.9 Å². The summed E-state index contributed by atoms with van der Waals surface area (Å²) in [6, 6.07) is 0.391. The average Bonchev–Trinajstić information content (AvgIpc) is 2.45. The highest BCUT2D eigenvalue weighted by molar-refractivity contribution is 5.33. The molecule has 0 unspecified atom stereocenters. The van der Waals surface area contributed by atoms with E-state index in [2.05, 4.69) is 20.3 Å². The Morgan fingerprint density at radius 1 is 1.14 bits per heavy atom. The predicted octanol–water partition coefficient (Wildman–Crippen LogP) is 2.48. The number of nitrogens with two attached hydrogens (primary N) is 1. The fourth-order valence-corrected chi connectivity index (χ4v) is 3.26. The van der Waals surface area contributed by atoms with Gasteiger partial charge in [0.25, 0.3) is 0 Å². The molecule has 6 heteroatoms. The summed E-state index contributed by atoms with van der Waals surface area (Å²) in [6.45, 7) is 2.81. The van der Waals surface area contributed by atoms with Crippen molar-refractivity contribution in [3.8, 4) is 0 Å². The van der Waals surface area contributed by atoms with Crippen LogP contribution in [0.5, 0.6) is 0 Å². The molecule has 0 amide bonds. The highest BCUT2D eigenvalue weighted by atomic mass is 16.5.